The summed E-state index contributed by atoms with van der Waals surface area (Å²) < 4.78 is 6.39. The van der Waals surface area contributed by atoms with Crippen molar-refractivity contribution in [2.45, 2.75) is 54.1 Å². The molecule has 0 amide bonds. The van der Waals surface area contributed by atoms with E-state index < -0.39 is 5.60 Å². The van der Waals surface area contributed by atoms with Crippen LogP contribution in [0.15, 0.2) is 47.6 Å². The molecule has 0 atom stereocenters. The van der Waals surface area contributed by atoms with Crippen molar-refractivity contribution in [2.24, 2.45) is 10.8 Å². The van der Waals surface area contributed by atoms with E-state index in [1.54, 1.807) is 0 Å². The fourth-order valence-corrected chi connectivity index (χ4v) is 3.54. The van der Waals surface area contributed by atoms with Crippen LogP contribution in [-0.2, 0) is 10.3 Å². The maximum Gasteiger partial charge on any atom is 0.131 e. The van der Waals surface area contributed by atoms with Gasteiger partial charge in [-0.1, -0.05) is 53.7 Å². The first-order chi connectivity index (χ1) is 12.3. The van der Waals surface area contributed by atoms with Crippen molar-refractivity contribution in [3.63, 3.8) is 0 Å². The van der Waals surface area contributed by atoms with E-state index in [1.807, 2.05) is 21.0 Å². The molecular weight excluding hydrogens is 332 g/mol. The fraction of sp³-hybridized carbons (Fsp3) is 0.542. The van der Waals surface area contributed by atoms with Crippen molar-refractivity contribution in [3.05, 3.63) is 53.1 Å². The molecule has 27 heavy (non-hydrogen) atoms. The zero-order valence-electron chi connectivity index (χ0n) is 18.5. The van der Waals surface area contributed by atoms with Crippen LogP contribution in [0.25, 0.3) is 0 Å². The smallest absolute Gasteiger partial charge is 0.131 e. The Kier molecular flexibility index (Phi) is 5.77. The second kappa shape index (κ2) is 7.27. The first kappa shape index (κ1) is 21.4. The lowest BCUT2D eigenvalue weighted by atomic mass is 9.68. The highest BCUT2D eigenvalue weighted by Crippen LogP contribution is 2.45. The number of ether oxygens (including phenoxy) is 1. The lowest BCUT2D eigenvalue weighted by molar-refractivity contribution is 0.0311. The van der Waals surface area contributed by atoms with Crippen LogP contribution >= 0.6 is 0 Å². The van der Waals surface area contributed by atoms with E-state index in [4.69, 9.17) is 10.1 Å². The van der Waals surface area contributed by atoms with Crippen LogP contribution in [0.5, 0.6) is 0 Å². The largest absolute Gasteiger partial charge is 0.378 e. The molecule has 3 heteroatoms. The van der Waals surface area contributed by atoms with Gasteiger partial charge in [0.15, 0.2) is 0 Å². The molecule has 0 spiro atoms. The van der Waals surface area contributed by atoms with E-state index in [0.717, 1.165) is 22.4 Å². The van der Waals surface area contributed by atoms with E-state index >= 15 is 0 Å². The Hall–Kier alpha value is -1.87. The highest BCUT2D eigenvalue weighted by atomic mass is 16.5. The molecule has 3 nitrogen and oxygen atoms in total. The van der Waals surface area contributed by atoms with E-state index in [-0.39, 0.29) is 10.8 Å². The quantitative estimate of drug-likeness (QED) is 0.711. The third kappa shape index (κ3) is 4.35. The molecule has 0 saturated carbocycles. The molecule has 0 heterocycles. The summed E-state index contributed by atoms with van der Waals surface area (Å²) >= 11 is 0. The van der Waals surface area contributed by atoms with Crippen molar-refractivity contribution in [1.29, 1.82) is 5.41 Å². The highest BCUT2D eigenvalue weighted by molar-refractivity contribution is 6.13. The Morgan fingerprint density at radius 2 is 1.33 bits per heavy atom. The van der Waals surface area contributed by atoms with Crippen LogP contribution < -0.4 is 4.90 Å². The molecule has 0 saturated heterocycles. The Bertz CT molecular complexity index is 719. The Balaban J connectivity index is 2.74. The molecule has 0 unspecified atom stereocenters. The van der Waals surface area contributed by atoms with Crippen LogP contribution in [-0.4, -0.2) is 26.4 Å². The van der Waals surface area contributed by atoms with Gasteiger partial charge < -0.3 is 15.0 Å². The number of hydrogen-bond donors (Lipinski definition) is 1. The van der Waals surface area contributed by atoms with Crippen molar-refractivity contribution in [2.75, 3.05) is 25.6 Å². The van der Waals surface area contributed by atoms with Gasteiger partial charge in [-0.3, -0.25) is 0 Å². The predicted molar refractivity (Wildman–Crippen MR) is 117 cm³/mol. The topological polar surface area (TPSA) is 36.3 Å². The van der Waals surface area contributed by atoms with Crippen LogP contribution in [0.3, 0.4) is 0 Å². The van der Waals surface area contributed by atoms with Gasteiger partial charge in [-0.2, -0.15) is 0 Å². The minimum atomic E-state index is -0.643. The minimum absolute atomic E-state index is 0.131. The van der Waals surface area contributed by atoms with Crippen LogP contribution in [0.2, 0.25) is 0 Å². The Morgan fingerprint density at radius 3 is 1.67 bits per heavy atom. The summed E-state index contributed by atoms with van der Waals surface area (Å²) in [6.07, 6.45) is 4.33. The fourth-order valence-electron chi connectivity index (χ4n) is 3.54. The minimum Gasteiger partial charge on any atom is -0.378 e. The summed E-state index contributed by atoms with van der Waals surface area (Å²) in [6.45, 7) is 15.7. The number of benzene rings is 1. The van der Waals surface area contributed by atoms with Gasteiger partial charge in [0.05, 0.1) is 5.71 Å². The number of nitrogens with zero attached hydrogens (tertiary/aromatic N) is 1. The van der Waals surface area contributed by atoms with Gasteiger partial charge >= 0.3 is 0 Å². The lowest BCUT2D eigenvalue weighted by Crippen LogP contribution is -2.37. The van der Waals surface area contributed by atoms with Crippen molar-refractivity contribution >= 4 is 11.4 Å². The standard InChI is InChI=1S/C24H36N2O/c1-10-27-24(17-11-13-18(14-12-17)26(8)9)15-19(22(2,3)4)21(25)20(16-24)23(5,6)7/h11-16,25H,10H2,1-9H3. The van der Waals surface area contributed by atoms with Crippen LogP contribution in [0.1, 0.15) is 54.0 Å². The van der Waals surface area contributed by atoms with Gasteiger partial charge in [0, 0.05) is 26.4 Å². The molecule has 2 rings (SSSR count). The molecule has 0 aromatic heterocycles. The molecule has 0 fully saturated rings. The first-order valence-corrected chi connectivity index (χ1v) is 9.79. The van der Waals surface area contributed by atoms with E-state index in [9.17, 15) is 0 Å². The summed E-state index contributed by atoms with van der Waals surface area (Å²) in [4.78, 5) is 2.10. The first-order valence-electron chi connectivity index (χ1n) is 9.79. The maximum absolute atomic E-state index is 8.88. The summed E-state index contributed by atoms with van der Waals surface area (Å²) in [5.74, 6) is 0. The van der Waals surface area contributed by atoms with Gasteiger partial charge in [0.2, 0.25) is 0 Å². The van der Waals surface area contributed by atoms with E-state index in [2.05, 4.69) is 82.9 Å². The van der Waals surface area contributed by atoms with Gasteiger partial charge in [-0.05, 0) is 58.7 Å². The highest BCUT2D eigenvalue weighted by Gasteiger charge is 2.40. The summed E-state index contributed by atoms with van der Waals surface area (Å²) in [6, 6.07) is 8.55. The van der Waals surface area contributed by atoms with Crippen LogP contribution in [0, 0.1) is 16.2 Å². The SMILES string of the molecule is CCOC1(c2ccc(N(C)C)cc2)C=C(C(C)(C)C)C(=N)C(C(C)(C)C)=C1. The molecule has 0 radical (unpaired) electrons. The predicted octanol–water partition coefficient (Wildman–Crippen LogP) is 5.96. The zero-order valence-corrected chi connectivity index (χ0v) is 18.5. The number of allylic oxidation sites excluding steroid dienone is 2. The summed E-state index contributed by atoms with van der Waals surface area (Å²) in [7, 11) is 4.09. The second-order valence-electron chi connectivity index (χ2n) is 9.66. The van der Waals surface area contributed by atoms with E-state index in [0.29, 0.717) is 12.3 Å². The average molecular weight is 369 g/mol. The number of anilines is 1. The average Bonchev–Trinajstić information content (AvgIpc) is 2.54. The molecule has 148 valence electrons. The number of nitrogens with one attached hydrogen (secondary N) is 1. The van der Waals surface area contributed by atoms with Crippen molar-refractivity contribution in [3.8, 4) is 0 Å². The van der Waals surface area contributed by atoms with Crippen LogP contribution in [0.4, 0.5) is 5.69 Å². The number of hydrogen-bond acceptors (Lipinski definition) is 3. The molecule has 1 aliphatic rings. The maximum atomic E-state index is 8.88. The third-order valence-electron chi connectivity index (χ3n) is 5.09. The van der Waals surface area contributed by atoms with Gasteiger partial charge in [-0.15, -0.1) is 0 Å². The monoisotopic (exact) mass is 368 g/mol. The molecular formula is C24H36N2O. The summed E-state index contributed by atoms with van der Waals surface area (Å²) in [5.41, 5.74) is 4.08. The molecule has 0 aliphatic heterocycles. The normalized spacial score (nSPS) is 21.0. The lowest BCUT2D eigenvalue weighted by Gasteiger charge is -2.40. The molecule has 1 aromatic rings. The van der Waals surface area contributed by atoms with Crippen molar-refractivity contribution in [1.82, 2.24) is 0 Å². The van der Waals surface area contributed by atoms with Crippen molar-refractivity contribution < 1.29 is 4.74 Å². The number of rotatable bonds is 4. The molecule has 1 N–H and O–H groups in total. The Morgan fingerprint density at radius 1 is 0.889 bits per heavy atom. The van der Waals surface area contributed by atoms with Gasteiger partial charge in [0.25, 0.3) is 0 Å². The molecule has 1 aliphatic carbocycles. The van der Waals surface area contributed by atoms with Gasteiger partial charge in [0.1, 0.15) is 5.60 Å². The molecule has 1 aromatic carbocycles. The van der Waals surface area contributed by atoms with E-state index in [1.165, 1.54) is 0 Å². The van der Waals surface area contributed by atoms with Gasteiger partial charge in [-0.25, -0.2) is 0 Å². The Labute approximate surface area is 165 Å². The second-order valence-corrected chi connectivity index (χ2v) is 9.66. The summed E-state index contributed by atoms with van der Waals surface area (Å²) in [5, 5.41) is 8.88. The third-order valence-corrected chi connectivity index (χ3v) is 5.09. The zero-order chi connectivity index (χ0) is 20.6. The molecule has 0 bridgehead atoms.